The third-order valence-corrected chi connectivity index (χ3v) is 4.41. The molecule has 2 aromatic carbocycles. The molecular formula is C21H21NO4. The maximum Gasteiger partial charge on any atom is 0.336 e. The van der Waals surface area contributed by atoms with Crippen molar-refractivity contribution in [2.45, 2.75) is 25.9 Å². The summed E-state index contributed by atoms with van der Waals surface area (Å²) < 4.78 is 10.9. The molecule has 26 heavy (non-hydrogen) atoms. The van der Waals surface area contributed by atoms with Crippen molar-refractivity contribution in [3.8, 4) is 5.75 Å². The van der Waals surface area contributed by atoms with E-state index in [0.29, 0.717) is 23.6 Å². The zero-order chi connectivity index (χ0) is 18.5. The van der Waals surface area contributed by atoms with Crippen LogP contribution in [-0.4, -0.2) is 19.0 Å². The minimum absolute atomic E-state index is 0.127. The Kier molecular flexibility index (Phi) is 5.37. The van der Waals surface area contributed by atoms with Crippen LogP contribution >= 0.6 is 0 Å². The van der Waals surface area contributed by atoms with Gasteiger partial charge in [-0.3, -0.25) is 4.79 Å². The number of esters is 1. The molecule has 0 radical (unpaired) electrons. The molecule has 0 saturated carbocycles. The molecule has 5 nitrogen and oxygen atoms in total. The van der Waals surface area contributed by atoms with E-state index in [0.717, 1.165) is 11.1 Å². The van der Waals surface area contributed by atoms with Gasteiger partial charge < -0.3 is 14.8 Å². The quantitative estimate of drug-likeness (QED) is 0.840. The third kappa shape index (κ3) is 3.77. The van der Waals surface area contributed by atoms with E-state index in [9.17, 15) is 9.59 Å². The lowest BCUT2D eigenvalue weighted by molar-refractivity contribution is -0.136. The molecular weight excluding hydrogens is 330 g/mol. The fourth-order valence-electron chi connectivity index (χ4n) is 3.18. The zero-order valence-electron chi connectivity index (χ0n) is 14.8. The largest absolute Gasteiger partial charge is 0.489 e. The Morgan fingerprint density at radius 2 is 1.81 bits per heavy atom. The molecule has 0 aromatic heterocycles. The number of amides is 1. The van der Waals surface area contributed by atoms with Crippen LogP contribution in [-0.2, 0) is 20.9 Å². The maximum absolute atomic E-state index is 12.3. The van der Waals surface area contributed by atoms with Crippen molar-refractivity contribution in [2.75, 3.05) is 7.11 Å². The summed E-state index contributed by atoms with van der Waals surface area (Å²) >= 11 is 0. The first-order chi connectivity index (χ1) is 12.6. The Bertz CT molecular complexity index is 842. The van der Waals surface area contributed by atoms with E-state index in [1.807, 2.05) is 54.6 Å². The number of allylic oxidation sites excluding steroid dienone is 1. The van der Waals surface area contributed by atoms with Crippen molar-refractivity contribution in [3.05, 3.63) is 77.0 Å². The van der Waals surface area contributed by atoms with Crippen molar-refractivity contribution < 1.29 is 19.1 Å². The molecule has 2 aromatic rings. The SMILES string of the molecule is COC(=O)C1=C(C)NC(=O)C[C@H]1c1ccccc1OCc1ccccc1. The Hall–Kier alpha value is -3.08. The van der Waals surface area contributed by atoms with E-state index in [4.69, 9.17) is 9.47 Å². The highest BCUT2D eigenvalue weighted by Gasteiger charge is 2.33. The van der Waals surface area contributed by atoms with Crippen LogP contribution in [0.25, 0.3) is 0 Å². The Balaban J connectivity index is 1.93. The molecule has 1 aliphatic rings. The number of ether oxygens (including phenoxy) is 2. The van der Waals surface area contributed by atoms with Crippen molar-refractivity contribution in [2.24, 2.45) is 0 Å². The second kappa shape index (κ2) is 7.87. The van der Waals surface area contributed by atoms with Gasteiger partial charge >= 0.3 is 5.97 Å². The fraction of sp³-hybridized carbons (Fsp3) is 0.238. The van der Waals surface area contributed by atoms with E-state index >= 15 is 0 Å². The summed E-state index contributed by atoms with van der Waals surface area (Å²) in [6, 6.07) is 17.3. The molecule has 0 aliphatic carbocycles. The first kappa shape index (κ1) is 17.7. The maximum atomic E-state index is 12.3. The monoisotopic (exact) mass is 351 g/mol. The number of benzene rings is 2. The van der Waals surface area contributed by atoms with Crippen molar-refractivity contribution >= 4 is 11.9 Å². The van der Waals surface area contributed by atoms with Crippen LogP contribution in [0.5, 0.6) is 5.75 Å². The van der Waals surface area contributed by atoms with Gasteiger partial charge in [0.1, 0.15) is 12.4 Å². The van der Waals surface area contributed by atoms with Gasteiger partial charge in [-0.2, -0.15) is 0 Å². The van der Waals surface area contributed by atoms with Crippen molar-refractivity contribution in [1.29, 1.82) is 0 Å². The fourth-order valence-corrected chi connectivity index (χ4v) is 3.18. The lowest BCUT2D eigenvalue weighted by Crippen LogP contribution is -2.34. The third-order valence-electron chi connectivity index (χ3n) is 4.41. The van der Waals surface area contributed by atoms with E-state index in [1.165, 1.54) is 7.11 Å². The average molecular weight is 351 g/mol. The summed E-state index contributed by atoms with van der Waals surface area (Å²) in [6.45, 7) is 2.12. The number of nitrogens with one attached hydrogen (secondary N) is 1. The minimum Gasteiger partial charge on any atom is -0.489 e. The van der Waals surface area contributed by atoms with Crippen LogP contribution in [0.4, 0.5) is 0 Å². The smallest absolute Gasteiger partial charge is 0.336 e. The molecule has 3 rings (SSSR count). The molecule has 5 heteroatoms. The molecule has 0 bridgehead atoms. The summed E-state index contributed by atoms with van der Waals surface area (Å²) in [5.74, 6) is -0.309. The minimum atomic E-state index is -0.439. The molecule has 0 spiro atoms. The summed E-state index contributed by atoms with van der Waals surface area (Å²) in [7, 11) is 1.34. The Morgan fingerprint density at radius 3 is 2.54 bits per heavy atom. The number of carbonyl (C=O) groups excluding carboxylic acids is 2. The summed E-state index contributed by atoms with van der Waals surface area (Å²) in [5, 5.41) is 2.72. The van der Waals surface area contributed by atoms with Crippen molar-refractivity contribution in [3.63, 3.8) is 0 Å². The summed E-state index contributed by atoms with van der Waals surface area (Å²) in [4.78, 5) is 24.4. The molecule has 1 amide bonds. The number of carbonyl (C=O) groups is 2. The molecule has 1 heterocycles. The van der Waals surface area contributed by atoms with Gasteiger partial charge in [0.25, 0.3) is 0 Å². The van der Waals surface area contributed by atoms with Gasteiger partial charge in [-0.25, -0.2) is 4.79 Å². The average Bonchev–Trinajstić information content (AvgIpc) is 2.66. The van der Waals surface area contributed by atoms with Crippen molar-refractivity contribution in [1.82, 2.24) is 5.32 Å². The van der Waals surface area contributed by atoms with Crippen LogP contribution in [0, 0.1) is 0 Å². The number of hydrogen-bond acceptors (Lipinski definition) is 4. The standard InChI is InChI=1S/C21H21NO4/c1-14-20(21(24)25-2)17(12-19(23)22-14)16-10-6-7-11-18(16)26-13-15-8-4-3-5-9-15/h3-11,17H,12-13H2,1-2H3,(H,22,23)/t17-/m0/s1. The van der Waals surface area contributed by atoms with Crippen LogP contribution in [0.2, 0.25) is 0 Å². The topological polar surface area (TPSA) is 64.6 Å². The summed E-state index contributed by atoms with van der Waals surface area (Å²) in [5.41, 5.74) is 2.83. The lowest BCUT2D eigenvalue weighted by atomic mass is 9.84. The second-order valence-corrected chi connectivity index (χ2v) is 6.15. The number of hydrogen-bond donors (Lipinski definition) is 1. The van der Waals surface area contributed by atoms with E-state index in [1.54, 1.807) is 6.92 Å². The molecule has 0 fully saturated rings. The molecule has 0 unspecified atom stereocenters. The zero-order valence-corrected chi connectivity index (χ0v) is 14.8. The van der Waals surface area contributed by atoms with Crippen LogP contribution < -0.4 is 10.1 Å². The molecule has 1 atom stereocenters. The van der Waals surface area contributed by atoms with Gasteiger partial charge in [0.2, 0.25) is 5.91 Å². The van der Waals surface area contributed by atoms with Gasteiger partial charge in [-0.15, -0.1) is 0 Å². The van der Waals surface area contributed by atoms with Gasteiger partial charge in [-0.05, 0) is 18.6 Å². The van der Waals surface area contributed by atoms with E-state index < -0.39 is 11.9 Å². The number of rotatable bonds is 5. The predicted octanol–water partition coefficient (Wildman–Crippen LogP) is 3.32. The van der Waals surface area contributed by atoms with E-state index in [2.05, 4.69) is 5.32 Å². The Morgan fingerprint density at radius 1 is 1.12 bits per heavy atom. The summed E-state index contributed by atoms with van der Waals surface area (Å²) in [6.07, 6.45) is 0.174. The first-order valence-corrected chi connectivity index (χ1v) is 8.44. The Labute approximate surface area is 152 Å². The highest BCUT2D eigenvalue weighted by atomic mass is 16.5. The molecule has 1 aliphatic heterocycles. The molecule has 0 saturated heterocycles. The highest BCUT2D eigenvalue weighted by Crippen LogP contribution is 2.38. The van der Waals surface area contributed by atoms with Crippen LogP contribution in [0.3, 0.4) is 0 Å². The van der Waals surface area contributed by atoms with Gasteiger partial charge in [-0.1, -0.05) is 48.5 Å². The predicted molar refractivity (Wildman–Crippen MR) is 97.4 cm³/mol. The van der Waals surface area contributed by atoms with Gasteiger partial charge in [0.05, 0.1) is 12.7 Å². The molecule has 1 N–H and O–H groups in total. The first-order valence-electron chi connectivity index (χ1n) is 8.44. The molecule has 134 valence electrons. The number of methoxy groups -OCH3 is 1. The van der Waals surface area contributed by atoms with Crippen LogP contribution in [0.15, 0.2) is 65.9 Å². The highest BCUT2D eigenvalue weighted by molar-refractivity contribution is 5.95. The number of para-hydroxylation sites is 1. The van der Waals surface area contributed by atoms with Gasteiger partial charge in [0.15, 0.2) is 0 Å². The van der Waals surface area contributed by atoms with Gasteiger partial charge in [0, 0.05) is 23.6 Å². The lowest BCUT2D eigenvalue weighted by Gasteiger charge is -2.27. The second-order valence-electron chi connectivity index (χ2n) is 6.15. The van der Waals surface area contributed by atoms with Crippen LogP contribution in [0.1, 0.15) is 30.4 Å². The normalized spacial score (nSPS) is 16.8. The van der Waals surface area contributed by atoms with E-state index in [-0.39, 0.29) is 12.3 Å².